The zero-order valence-electron chi connectivity index (χ0n) is 10.2. The third-order valence-corrected chi connectivity index (χ3v) is 3.45. The lowest BCUT2D eigenvalue weighted by molar-refractivity contribution is 0.0592. The van der Waals surface area contributed by atoms with E-state index in [2.05, 4.69) is 30.5 Å². The second kappa shape index (κ2) is 7.91. The van der Waals surface area contributed by atoms with Gasteiger partial charge in [-0.2, -0.15) is 0 Å². The lowest BCUT2D eigenvalue weighted by atomic mass is 10.4. The third-order valence-electron chi connectivity index (χ3n) is 2.05. The molecule has 0 aromatic rings. The molecule has 0 N–H and O–H groups in total. The van der Waals surface area contributed by atoms with E-state index in [1.807, 2.05) is 0 Å². The van der Waals surface area contributed by atoms with Crippen LogP contribution in [-0.2, 0) is 26.1 Å². The summed E-state index contributed by atoms with van der Waals surface area (Å²) in [6.07, 6.45) is 6.80. The quantitative estimate of drug-likeness (QED) is 0.419. The Kier molecular flexibility index (Phi) is 7.77. The van der Waals surface area contributed by atoms with Gasteiger partial charge in [0.05, 0.1) is 19.4 Å². The summed E-state index contributed by atoms with van der Waals surface area (Å²) in [5.41, 5.74) is 0. The molecule has 0 bridgehead atoms. The number of morpholine rings is 1. The van der Waals surface area contributed by atoms with Crippen molar-refractivity contribution in [2.45, 2.75) is 6.92 Å². The summed E-state index contributed by atoms with van der Waals surface area (Å²) in [7, 11) is -5.00. The van der Waals surface area contributed by atoms with E-state index in [4.69, 9.17) is 17.7 Å². The van der Waals surface area contributed by atoms with Gasteiger partial charge in [-0.15, -0.1) is 3.89 Å². The largest absolute Gasteiger partial charge is 0.722 e. The fourth-order valence-electron chi connectivity index (χ4n) is 1.07. The number of allylic oxidation sites excluding steroid dienone is 1. The van der Waals surface area contributed by atoms with Crippen molar-refractivity contribution < 1.29 is 21.6 Å². The van der Waals surface area contributed by atoms with Crippen LogP contribution in [0.25, 0.3) is 0 Å². The first kappa shape index (κ1) is 16.7. The Morgan fingerprint density at radius 3 is 2.18 bits per heavy atom. The van der Waals surface area contributed by atoms with Crippen molar-refractivity contribution in [2.75, 3.05) is 38.8 Å². The smallest absolute Gasteiger partial charge is 0.255 e. The second-order valence-electron chi connectivity index (χ2n) is 3.60. The number of nitrogens with zero attached hydrogens (tertiary/aromatic N) is 1. The molecule has 1 heterocycles. The minimum absolute atomic E-state index is 0.417. The van der Waals surface area contributed by atoms with Gasteiger partial charge < -0.3 is 14.2 Å². The third kappa shape index (κ3) is 11.9. The van der Waals surface area contributed by atoms with E-state index in [1.165, 1.54) is 4.91 Å². The van der Waals surface area contributed by atoms with Gasteiger partial charge in [0.1, 0.15) is 17.4 Å². The minimum Gasteiger partial charge on any atom is -0.722 e. The van der Waals surface area contributed by atoms with Gasteiger partial charge in [-0.05, 0) is 0 Å². The van der Waals surface area contributed by atoms with Crippen LogP contribution in [0.15, 0.2) is 11.1 Å². The number of rotatable bonds is 2. The van der Waals surface area contributed by atoms with Crippen LogP contribution in [-0.4, -0.2) is 56.7 Å². The number of halogens is 1. The van der Waals surface area contributed by atoms with Crippen molar-refractivity contribution in [3.63, 3.8) is 0 Å². The van der Waals surface area contributed by atoms with Gasteiger partial charge in [0, 0.05) is 30.9 Å². The summed E-state index contributed by atoms with van der Waals surface area (Å²) in [5, 5.41) is 0. The monoisotopic (exact) mass is 287 g/mol. The summed E-state index contributed by atoms with van der Waals surface area (Å²) in [5.74, 6) is 0. The van der Waals surface area contributed by atoms with Crippen molar-refractivity contribution >= 4 is 21.4 Å². The van der Waals surface area contributed by atoms with E-state index in [-0.39, 0.29) is 0 Å². The van der Waals surface area contributed by atoms with Crippen LogP contribution in [0, 0.1) is 0 Å². The van der Waals surface area contributed by atoms with Gasteiger partial charge in [-0.3, -0.25) is 0 Å². The van der Waals surface area contributed by atoms with E-state index in [0.717, 1.165) is 26.3 Å². The first-order chi connectivity index (χ1) is 7.70. The highest BCUT2D eigenvalue weighted by molar-refractivity contribution is 7.99. The Bertz CT molecular complexity index is 329. The highest BCUT2D eigenvalue weighted by Gasteiger charge is 2.11. The highest BCUT2D eigenvalue weighted by atomic mass is 32.3. The molecule has 0 saturated carbocycles. The van der Waals surface area contributed by atoms with Crippen molar-refractivity contribution in [3.8, 4) is 0 Å². The zero-order valence-corrected chi connectivity index (χ0v) is 11.8. The molecule has 0 unspecified atom stereocenters. The fraction of sp³-hybridized carbons (Fsp3) is 0.778. The fourth-order valence-corrected chi connectivity index (χ4v) is 1.43. The van der Waals surface area contributed by atoms with Gasteiger partial charge in [0.2, 0.25) is 0 Å². The molecule has 1 aliphatic rings. The zero-order chi connectivity index (χ0) is 13.5. The van der Waals surface area contributed by atoms with Crippen LogP contribution in [0.2, 0.25) is 0 Å². The molecular formula is C9H18FNO4S2. The molecule has 1 saturated heterocycles. The molecule has 102 valence electrons. The lowest BCUT2D eigenvalue weighted by Crippen LogP contribution is -2.32. The Labute approximate surface area is 105 Å². The van der Waals surface area contributed by atoms with Crippen LogP contribution < -0.4 is 0 Å². The van der Waals surface area contributed by atoms with Gasteiger partial charge in [0.25, 0.3) is 10.5 Å². The first-order valence-corrected chi connectivity index (χ1v) is 8.28. The van der Waals surface area contributed by atoms with E-state index >= 15 is 0 Å². The van der Waals surface area contributed by atoms with Gasteiger partial charge >= 0.3 is 0 Å². The van der Waals surface area contributed by atoms with E-state index in [0.29, 0.717) is 10.9 Å². The predicted octanol–water partition coefficient (Wildman–Crippen LogP) is 0.474. The Morgan fingerprint density at radius 2 is 1.82 bits per heavy atom. The molecule has 1 aliphatic heterocycles. The Hall–Kier alpha value is -0.310. The van der Waals surface area contributed by atoms with Crippen molar-refractivity contribution in [2.24, 2.45) is 0 Å². The normalized spacial score (nSPS) is 17.8. The molecule has 1 fully saturated rings. The number of hydrogen-bond acceptors (Lipinski definition) is 5. The molecular weight excluding hydrogens is 269 g/mol. The predicted molar refractivity (Wildman–Crippen MR) is 66.2 cm³/mol. The highest BCUT2D eigenvalue weighted by Crippen LogP contribution is 2.06. The van der Waals surface area contributed by atoms with Crippen LogP contribution in [0.4, 0.5) is 3.89 Å². The molecule has 0 radical (unpaired) electrons. The molecule has 0 aromatic carbocycles. The molecule has 0 amide bonds. The van der Waals surface area contributed by atoms with Crippen molar-refractivity contribution in [3.05, 3.63) is 11.1 Å². The van der Waals surface area contributed by atoms with E-state index in [9.17, 15) is 3.89 Å². The van der Waals surface area contributed by atoms with E-state index in [1.54, 1.807) is 0 Å². The SMILES string of the molecule is C/C(=C\N1CCOCC1)[S+](C)C.O=S(=O)([O-])F. The summed E-state index contributed by atoms with van der Waals surface area (Å²) in [4.78, 5) is 3.84. The maximum absolute atomic E-state index is 10.1. The van der Waals surface area contributed by atoms with Crippen LogP contribution >= 0.6 is 0 Å². The molecule has 17 heavy (non-hydrogen) atoms. The molecule has 5 nitrogen and oxygen atoms in total. The topological polar surface area (TPSA) is 69.7 Å². The lowest BCUT2D eigenvalue weighted by Gasteiger charge is -2.25. The van der Waals surface area contributed by atoms with E-state index < -0.39 is 10.5 Å². The Balaban J connectivity index is 0.000000437. The number of hydrogen-bond donors (Lipinski definition) is 0. The maximum atomic E-state index is 10.1. The molecule has 1 rings (SSSR count). The Morgan fingerprint density at radius 1 is 1.41 bits per heavy atom. The maximum Gasteiger partial charge on any atom is 0.255 e. The van der Waals surface area contributed by atoms with Crippen LogP contribution in [0.5, 0.6) is 0 Å². The van der Waals surface area contributed by atoms with Gasteiger partial charge in [-0.25, -0.2) is 8.42 Å². The van der Waals surface area contributed by atoms with Gasteiger partial charge in [-0.1, -0.05) is 0 Å². The summed E-state index contributed by atoms with van der Waals surface area (Å²) >= 11 is 0. The second-order valence-corrected chi connectivity index (χ2v) is 6.66. The van der Waals surface area contributed by atoms with Crippen LogP contribution in [0.3, 0.4) is 0 Å². The molecule has 0 aliphatic carbocycles. The van der Waals surface area contributed by atoms with Crippen LogP contribution in [0.1, 0.15) is 6.92 Å². The molecule has 0 atom stereocenters. The molecule has 0 aromatic heterocycles. The average molecular weight is 287 g/mol. The first-order valence-electron chi connectivity index (χ1n) is 4.93. The summed E-state index contributed by atoms with van der Waals surface area (Å²) < 4.78 is 40.6. The standard InChI is InChI=1S/C9H18NOS.FHO3S/c1-9(12(2)3)8-10-4-6-11-7-5-10;1-5(2,3)4/h8H,4-7H2,1-3H3;(H,2,3,4)/q+1;/p-1/b9-8+;. The average Bonchev–Trinajstić information content (AvgIpc) is 2.16. The van der Waals surface area contributed by atoms with Gasteiger partial charge in [0.15, 0.2) is 0 Å². The molecule has 0 spiro atoms. The van der Waals surface area contributed by atoms with Crippen molar-refractivity contribution in [1.29, 1.82) is 0 Å². The summed E-state index contributed by atoms with van der Waals surface area (Å²) in [6.45, 7) is 6.07. The minimum atomic E-state index is -5.42. The van der Waals surface area contributed by atoms with Crippen molar-refractivity contribution in [1.82, 2.24) is 4.90 Å². The molecule has 8 heteroatoms. The number of ether oxygens (including phenoxy) is 1. The summed E-state index contributed by atoms with van der Waals surface area (Å²) in [6, 6.07) is 0.